The van der Waals surface area contributed by atoms with E-state index < -0.39 is 0 Å². The molecule has 2 heterocycles. The van der Waals surface area contributed by atoms with Crippen molar-refractivity contribution in [1.29, 1.82) is 0 Å². The summed E-state index contributed by atoms with van der Waals surface area (Å²) in [4.78, 5) is 20.7. The van der Waals surface area contributed by atoms with Crippen LogP contribution in [-0.4, -0.2) is 37.3 Å². The molecule has 2 aromatic heterocycles. The molecule has 0 saturated carbocycles. The third-order valence-corrected chi connectivity index (χ3v) is 3.89. The molecule has 0 aliphatic heterocycles. The first-order chi connectivity index (χ1) is 9.86. The van der Waals surface area contributed by atoms with Crippen molar-refractivity contribution >= 4 is 23.4 Å². The fraction of sp³-hybridized carbons (Fsp3) is 0.571. The van der Waals surface area contributed by atoms with Gasteiger partial charge in [0.25, 0.3) is 5.78 Å². The first-order valence-corrected chi connectivity index (χ1v) is 7.90. The van der Waals surface area contributed by atoms with Crippen LogP contribution in [-0.2, 0) is 4.79 Å². The summed E-state index contributed by atoms with van der Waals surface area (Å²) in [5.41, 5.74) is 1.89. The lowest BCUT2D eigenvalue weighted by Crippen LogP contribution is -2.33. The highest BCUT2D eigenvalue weighted by Crippen LogP contribution is 2.20. The van der Waals surface area contributed by atoms with Crippen LogP contribution in [0.2, 0.25) is 0 Å². The molecule has 1 atom stereocenters. The molecule has 1 amide bonds. The van der Waals surface area contributed by atoms with Crippen LogP contribution < -0.4 is 5.32 Å². The van der Waals surface area contributed by atoms with E-state index in [4.69, 9.17) is 0 Å². The average Bonchev–Trinajstić information content (AvgIpc) is 2.78. The zero-order valence-corrected chi connectivity index (χ0v) is 13.9. The van der Waals surface area contributed by atoms with Gasteiger partial charge >= 0.3 is 0 Å². The summed E-state index contributed by atoms with van der Waals surface area (Å²) in [7, 11) is 0. The van der Waals surface area contributed by atoms with Gasteiger partial charge in [-0.2, -0.15) is 4.98 Å². The van der Waals surface area contributed by atoms with E-state index in [-0.39, 0.29) is 11.2 Å². The number of aryl methyl sites for hydroxylation is 2. The van der Waals surface area contributed by atoms with Crippen molar-refractivity contribution in [2.75, 3.05) is 6.54 Å². The van der Waals surface area contributed by atoms with Crippen molar-refractivity contribution in [3.63, 3.8) is 0 Å². The number of hydrogen-bond acceptors (Lipinski definition) is 5. The van der Waals surface area contributed by atoms with E-state index in [1.165, 1.54) is 11.8 Å². The molecule has 6 nitrogen and oxygen atoms in total. The molecule has 21 heavy (non-hydrogen) atoms. The molecule has 0 aliphatic carbocycles. The first-order valence-electron chi connectivity index (χ1n) is 7.02. The fourth-order valence-corrected chi connectivity index (χ4v) is 2.63. The number of nitrogens with zero attached hydrogens (tertiary/aromatic N) is 4. The number of nitrogens with one attached hydrogen (secondary N) is 1. The maximum atomic E-state index is 12.0. The van der Waals surface area contributed by atoms with Gasteiger partial charge in [0.15, 0.2) is 0 Å². The fourth-order valence-electron chi connectivity index (χ4n) is 1.86. The van der Waals surface area contributed by atoms with E-state index in [1.54, 1.807) is 4.52 Å². The number of aromatic nitrogens is 4. The Morgan fingerprint density at radius 3 is 2.71 bits per heavy atom. The van der Waals surface area contributed by atoms with Gasteiger partial charge in [-0.25, -0.2) is 9.50 Å². The molecule has 0 aliphatic rings. The first kappa shape index (κ1) is 15.8. The monoisotopic (exact) mass is 307 g/mol. The van der Waals surface area contributed by atoms with Crippen molar-refractivity contribution in [1.82, 2.24) is 24.9 Å². The van der Waals surface area contributed by atoms with Crippen LogP contribution in [0.1, 0.15) is 32.2 Å². The van der Waals surface area contributed by atoms with Gasteiger partial charge in [0, 0.05) is 17.9 Å². The molecule has 0 saturated heterocycles. The molecule has 114 valence electrons. The minimum Gasteiger partial charge on any atom is -0.355 e. The van der Waals surface area contributed by atoms with Crippen molar-refractivity contribution < 1.29 is 4.79 Å². The number of amides is 1. The predicted molar refractivity (Wildman–Crippen MR) is 83.4 cm³/mol. The van der Waals surface area contributed by atoms with Gasteiger partial charge in [-0.05, 0) is 32.8 Å². The molecule has 7 heteroatoms. The topological polar surface area (TPSA) is 72.2 Å². The van der Waals surface area contributed by atoms with Crippen LogP contribution in [0, 0.1) is 19.8 Å². The lowest BCUT2D eigenvalue weighted by molar-refractivity contribution is -0.120. The van der Waals surface area contributed by atoms with Gasteiger partial charge in [-0.1, -0.05) is 25.6 Å². The largest absolute Gasteiger partial charge is 0.355 e. The molecule has 0 fully saturated rings. The molecular formula is C14H21N5OS. The summed E-state index contributed by atoms with van der Waals surface area (Å²) in [6.07, 6.45) is 0. The summed E-state index contributed by atoms with van der Waals surface area (Å²) in [6, 6.07) is 1.95. The lowest BCUT2D eigenvalue weighted by Gasteiger charge is -2.11. The number of fused-ring (bicyclic) bond motifs is 1. The second kappa shape index (κ2) is 6.43. The van der Waals surface area contributed by atoms with E-state index in [0.717, 1.165) is 11.4 Å². The summed E-state index contributed by atoms with van der Waals surface area (Å²) >= 11 is 1.35. The van der Waals surface area contributed by atoms with Gasteiger partial charge in [0.1, 0.15) is 0 Å². The van der Waals surface area contributed by atoms with Crippen LogP contribution in [0.15, 0.2) is 11.2 Å². The number of carbonyl (C=O) groups is 1. The standard InChI is InChI=1S/C14H21N5OS/c1-8(2)7-15-12(20)11(5)21-14-17-13-16-9(3)6-10(4)19(13)18-14/h6,8,11H,7H2,1-5H3,(H,15,20). The van der Waals surface area contributed by atoms with Crippen LogP contribution in [0.4, 0.5) is 0 Å². The van der Waals surface area contributed by atoms with Gasteiger partial charge in [0.2, 0.25) is 11.1 Å². The van der Waals surface area contributed by atoms with Gasteiger partial charge in [-0.15, -0.1) is 5.10 Å². The number of carbonyl (C=O) groups excluding carboxylic acids is 1. The van der Waals surface area contributed by atoms with Gasteiger partial charge < -0.3 is 5.32 Å². The Bertz CT molecular complexity index is 652. The third-order valence-electron chi connectivity index (χ3n) is 2.93. The lowest BCUT2D eigenvalue weighted by atomic mass is 10.2. The highest BCUT2D eigenvalue weighted by molar-refractivity contribution is 8.00. The van der Waals surface area contributed by atoms with Crippen molar-refractivity contribution in [2.24, 2.45) is 5.92 Å². The van der Waals surface area contributed by atoms with Crippen LogP contribution in [0.5, 0.6) is 0 Å². The second-order valence-electron chi connectivity index (χ2n) is 5.54. The van der Waals surface area contributed by atoms with E-state index in [1.807, 2.05) is 26.8 Å². The quantitative estimate of drug-likeness (QED) is 0.855. The zero-order valence-electron chi connectivity index (χ0n) is 13.0. The van der Waals surface area contributed by atoms with Crippen molar-refractivity contribution in [3.8, 4) is 0 Å². The minimum atomic E-state index is -0.234. The third kappa shape index (κ3) is 3.93. The predicted octanol–water partition coefficient (Wildman–Crippen LogP) is 1.99. The maximum absolute atomic E-state index is 12.0. The Morgan fingerprint density at radius 2 is 2.05 bits per heavy atom. The highest BCUT2D eigenvalue weighted by atomic mass is 32.2. The molecule has 0 aromatic carbocycles. The van der Waals surface area contributed by atoms with Gasteiger partial charge in [0.05, 0.1) is 5.25 Å². The Hall–Kier alpha value is -1.63. The van der Waals surface area contributed by atoms with Crippen LogP contribution in [0.3, 0.4) is 0 Å². The summed E-state index contributed by atoms with van der Waals surface area (Å²) < 4.78 is 1.70. The van der Waals surface area contributed by atoms with Gasteiger partial charge in [-0.3, -0.25) is 4.79 Å². The number of rotatable bonds is 5. The molecule has 0 bridgehead atoms. The molecule has 2 rings (SSSR count). The second-order valence-corrected chi connectivity index (χ2v) is 6.85. The summed E-state index contributed by atoms with van der Waals surface area (Å²) in [6.45, 7) is 10.6. The van der Waals surface area contributed by atoms with E-state index in [9.17, 15) is 4.79 Å². The molecule has 1 unspecified atom stereocenters. The van der Waals surface area contributed by atoms with E-state index in [2.05, 4.69) is 34.2 Å². The Morgan fingerprint density at radius 1 is 1.33 bits per heavy atom. The highest BCUT2D eigenvalue weighted by Gasteiger charge is 2.18. The molecule has 2 aromatic rings. The van der Waals surface area contributed by atoms with Crippen LogP contribution >= 0.6 is 11.8 Å². The SMILES string of the molecule is Cc1cc(C)n2nc(SC(C)C(=O)NCC(C)C)nc2n1. The Labute approximate surface area is 128 Å². The van der Waals surface area contributed by atoms with Crippen molar-refractivity contribution in [3.05, 3.63) is 17.5 Å². The molecular weight excluding hydrogens is 286 g/mol. The normalized spacial score (nSPS) is 12.9. The molecule has 0 spiro atoms. The Kier molecular flexibility index (Phi) is 4.82. The average molecular weight is 307 g/mol. The minimum absolute atomic E-state index is 0.00779. The van der Waals surface area contributed by atoms with E-state index in [0.29, 0.717) is 23.4 Å². The molecule has 1 N–H and O–H groups in total. The van der Waals surface area contributed by atoms with E-state index >= 15 is 0 Å². The molecule has 0 radical (unpaired) electrons. The Balaban J connectivity index is 2.09. The van der Waals surface area contributed by atoms with Crippen LogP contribution in [0.25, 0.3) is 5.78 Å². The summed E-state index contributed by atoms with van der Waals surface area (Å²) in [5, 5.41) is 7.65. The maximum Gasteiger partial charge on any atom is 0.253 e. The van der Waals surface area contributed by atoms with Crippen molar-refractivity contribution in [2.45, 2.75) is 45.0 Å². The summed E-state index contributed by atoms with van der Waals surface area (Å²) in [5.74, 6) is 1.02. The zero-order chi connectivity index (χ0) is 15.6. The number of hydrogen-bond donors (Lipinski definition) is 1. The number of thioether (sulfide) groups is 1. The smallest absolute Gasteiger partial charge is 0.253 e.